The van der Waals surface area contributed by atoms with Gasteiger partial charge in [-0.15, -0.1) is 4.68 Å². The third kappa shape index (κ3) is 3.65. The number of methoxy groups -OCH3 is 4. The molecule has 2 aromatic carbocycles. The Balaban J connectivity index is 2.15. The summed E-state index contributed by atoms with van der Waals surface area (Å²) in [6.45, 7) is 0. The lowest BCUT2D eigenvalue weighted by Gasteiger charge is -2.13. The summed E-state index contributed by atoms with van der Waals surface area (Å²) in [5, 5.41) is 7.01. The van der Waals surface area contributed by atoms with Gasteiger partial charge in [0, 0.05) is 22.8 Å². The van der Waals surface area contributed by atoms with Gasteiger partial charge in [-0.3, -0.25) is 0 Å². The molecule has 0 spiro atoms. The summed E-state index contributed by atoms with van der Waals surface area (Å²) in [5.41, 5.74) is 2.19. The van der Waals surface area contributed by atoms with Crippen molar-refractivity contribution < 1.29 is 33.3 Å². The fourth-order valence-corrected chi connectivity index (χ4v) is 2.95. The van der Waals surface area contributed by atoms with Gasteiger partial charge in [0.15, 0.2) is 17.2 Å². The molecule has 29 heavy (non-hydrogen) atoms. The average molecular weight is 401 g/mol. The molecule has 0 aliphatic heterocycles. The zero-order chi connectivity index (χ0) is 21.0. The second kappa shape index (κ2) is 8.48. The molecule has 0 saturated heterocycles. The number of aromatic nitrogens is 3. The molecule has 0 aliphatic rings. The van der Waals surface area contributed by atoms with Crippen LogP contribution in [0.5, 0.6) is 23.0 Å². The number of carbonyl (C=O) groups is 1. The Morgan fingerprint density at radius 3 is 2.17 bits per heavy atom. The summed E-state index contributed by atoms with van der Waals surface area (Å²) in [6.07, 6.45) is 1.61. The molecule has 0 fully saturated rings. The number of nitrogens with zero attached hydrogens (tertiary/aromatic N) is 2. The molecule has 0 unspecified atom stereocenters. The van der Waals surface area contributed by atoms with E-state index in [-0.39, 0.29) is 5.56 Å². The summed E-state index contributed by atoms with van der Waals surface area (Å²) >= 11 is 0. The summed E-state index contributed by atoms with van der Waals surface area (Å²) in [7, 11) is 6.06. The maximum atomic E-state index is 12.0. The Labute approximate surface area is 166 Å². The lowest BCUT2D eigenvalue weighted by atomic mass is 10.1. The van der Waals surface area contributed by atoms with Crippen molar-refractivity contribution in [2.24, 2.45) is 5.90 Å². The fraction of sp³-hybridized carbons (Fsp3) is 0.211. The van der Waals surface area contributed by atoms with Crippen LogP contribution in [0.4, 0.5) is 0 Å². The molecule has 3 N–H and O–H groups in total. The van der Waals surface area contributed by atoms with Crippen LogP contribution in [0.3, 0.4) is 0 Å². The number of benzene rings is 2. The summed E-state index contributed by atoms with van der Waals surface area (Å²) in [5.74, 6) is 6.10. The van der Waals surface area contributed by atoms with Crippen LogP contribution in [0.25, 0.3) is 16.9 Å². The Kier molecular flexibility index (Phi) is 5.84. The van der Waals surface area contributed by atoms with Gasteiger partial charge in [0.1, 0.15) is 11.3 Å². The van der Waals surface area contributed by atoms with E-state index in [4.69, 9.17) is 24.8 Å². The monoisotopic (exact) mass is 401 g/mol. The van der Waals surface area contributed by atoms with Crippen molar-refractivity contribution in [2.75, 3.05) is 28.4 Å². The maximum absolute atomic E-state index is 12.0. The minimum absolute atomic E-state index is 0.185. The Hall–Kier alpha value is -3.79. The lowest BCUT2D eigenvalue weighted by molar-refractivity contribution is -0.648. The number of H-pyrrole nitrogens is 1. The van der Waals surface area contributed by atoms with Gasteiger partial charge in [0.05, 0.1) is 28.4 Å². The number of nitrogens with one attached hydrogen (secondary N) is 1. The molecule has 0 radical (unpaired) electrons. The Morgan fingerprint density at radius 2 is 1.62 bits per heavy atom. The maximum Gasteiger partial charge on any atom is 0.360 e. The first-order chi connectivity index (χ1) is 14.1. The van der Waals surface area contributed by atoms with E-state index in [1.807, 2.05) is 0 Å². The highest BCUT2D eigenvalue weighted by molar-refractivity contribution is 5.93. The predicted molar refractivity (Wildman–Crippen MR) is 101 cm³/mol. The number of hydrogen-bond donors (Lipinski definition) is 2. The van der Waals surface area contributed by atoms with Crippen molar-refractivity contribution in [3.8, 4) is 39.9 Å². The smallest absolute Gasteiger partial charge is 0.360 e. The molecule has 1 heterocycles. The molecule has 152 valence electrons. The van der Waals surface area contributed by atoms with Gasteiger partial charge in [0.25, 0.3) is 0 Å². The van der Waals surface area contributed by atoms with Crippen LogP contribution in [0.2, 0.25) is 0 Å². The molecule has 0 bridgehead atoms. The third-order valence-corrected chi connectivity index (χ3v) is 4.32. The number of hydrogen-bond acceptors (Lipinski definition) is 8. The van der Waals surface area contributed by atoms with E-state index in [1.165, 1.54) is 28.4 Å². The highest BCUT2D eigenvalue weighted by atomic mass is 16.7. The predicted octanol–water partition coefficient (Wildman–Crippen LogP) is 1.42. The summed E-state index contributed by atoms with van der Waals surface area (Å²) < 4.78 is 23.1. The van der Waals surface area contributed by atoms with Gasteiger partial charge in [-0.25, -0.2) is 4.79 Å². The van der Waals surface area contributed by atoms with Gasteiger partial charge in [-0.2, -0.15) is 5.90 Å². The summed E-state index contributed by atoms with van der Waals surface area (Å²) in [6, 6.07) is 8.57. The SMILES string of the molecule is COc1ccc(-c2cn[nH][n+]2-c2cc(OC)c(OC)c(OC)c2)cc1C(=O)ON. The standard InChI is InChI=1S/C19H20N4O6/c1-25-15-6-5-11(7-13(15)19(24)29-20)14-10-21-22-23(14)12-8-16(26-2)18(28-4)17(9-12)27-3/h5-10H,20H2,1-4H3/p+1. The van der Waals surface area contributed by atoms with Crippen LogP contribution in [0, 0.1) is 0 Å². The van der Waals surface area contributed by atoms with E-state index >= 15 is 0 Å². The van der Waals surface area contributed by atoms with Crippen molar-refractivity contribution in [3.63, 3.8) is 0 Å². The highest BCUT2D eigenvalue weighted by Crippen LogP contribution is 2.38. The van der Waals surface area contributed by atoms with Gasteiger partial charge in [0.2, 0.25) is 17.6 Å². The molecular weight excluding hydrogens is 380 g/mol. The first kappa shape index (κ1) is 20.0. The normalized spacial score (nSPS) is 10.4. The third-order valence-electron chi connectivity index (χ3n) is 4.32. The van der Waals surface area contributed by atoms with Crippen molar-refractivity contribution in [1.29, 1.82) is 0 Å². The minimum atomic E-state index is -0.716. The zero-order valence-corrected chi connectivity index (χ0v) is 16.4. The first-order valence-corrected chi connectivity index (χ1v) is 8.43. The Bertz CT molecular complexity index is 1010. The molecule has 0 amide bonds. The molecule has 1 aromatic heterocycles. The zero-order valence-electron chi connectivity index (χ0n) is 16.4. The van der Waals surface area contributed by atoms with E-state index in [0.717, 1.165) is 0 Å². The van der Waals surface area contributed by atoms with Crippen LogP contribution in [0.1, 0.15) is 10.4 Å². The molecule has 3 aromatic rings. The van der Waals surface area contributed by atoms with E-state index in [9.17, 15) is 4.79 Å². The van der Waals surface area contributed by atoms with Gasteiger partial charge in [-0.1, -0.05) is 5.21 Å². The quantitative estimate of drug-likeness (QED) is 0.450. The lowest BCUT2D eigenvalue weighted by Crippen LogP contribution is -2.35. The van der Waals surface area contributed by atoms with Crippen LogP contribution >= 0.6 is 0 Å². The number of aromatic amines is 1. The van der Waals surface area contributed by atoms with Crippen molar-refractivity contribution in [2.45, 2.75) is 0 Å². The second-order valence-electron chi connectivity index (χ2n) is 5.78. The second-order valence-corrected chi connectivity index (χ2v) is 5.78. The number of nitrogens with two attached hydrogens (primary N) is 1. The number of carbonyl (C=O) groups excluding carboxylic acids is 1. The number of ether oxygens (including phenoxy) is 4. The van der Waals surface area contributed by atoms with E-state index in [0.29, 0.717) is 39.9 Å². The van der Waals surface area contributed by atoms with Crippen LogP contribution in [0.15, 0.2) is 36.5 Å². The van der Waals surface area contributed by atoms with E-state index < -0.39 is 5.97 Å². The largest absolute Gasteiger partial charge is 0.496 e. The highest BCUT2D eigenvalue weighted by Gasteiger charge is 2.23. The van der Waals surface area contributed by atoms with E-state index in [1.54, 1.807) is 41.2 Å². The topological polar surface area (TPSA) is 122 Å². The van der Waals surface area contributed by atoms with Crippen molar-refractivity contribution >= 4 is 5.97 Å². The average Bonchev–Trinajstić information content (AvgIpc) is 3.26. The fourth-order valence-electron chi connectivity index (χ4n) is 2.95. The first-order valence-electron chi connectivity index (χ1n) is 8.43. The van der Waals surface area contributed by atoms with Gasteiger partial charge >= 0.3 is 5.97 Å². The molecule has 0 aliphatic carbocycles. The minimum Gasteiger partial charge on any atom is -0.496 e. The molecule has 0 atom stereocenters. The molecule has 0 saturated carbocycles. The van der Waals surface area contributed by atoms with Gasteiger partial charge < -0.3 is 23.8 Å². The van der Waals surface area contributed by atoms with Crippen molar-refractivity contribution in [1.82, 2.24) is 10.3 Å². The van der Waals surface area contributed by atoms with Crippen molar-refractivity contribution in [3.05, 3.63) is 42.1 Å². The molecule has 10 heteroatoms. The van der Waals surface area contributed by atoms with Crippen LogP contribution in [-0.4, -0.2) is 44.7 Å². The number of rotatable bonds is 7. The molecule has 3 rings (SSSR count). The molecular formula is C19H21N4O6+. The van der Waals surface area contributed by atoms with E-state index in [2.05, 4.69) is 15.1 Å². The van der Waals surface area contributed by atoms with Gasteiger partial charge in [-0.05, 0) is 18.2 Å². The van der Waals surface area contributed by atoms with Crippen LogP contribution < -0.4 is 29.5 Å². The summed E-state index contributed by atoms with van der Waals surface area (Å²) in [4.78, 5) is 16.4. The van der Waals surface area contributed by atoms with Crippen LogP contribution in [-0.2, 0) is 4.84 Å². The Morgan fingerprint density at radius 1 is 0.966 bits per heavy atom. The molecule has 10 nitrogen and oxygen atoms in total.